The van der Waals surface area contributed by atoms with Gasteiger partial charge in [-0.15, -0.1) is 0 Å². The maximum atomic E-state index is 13.9. The molecule has 0 bridgehead atoms. The highest BCUT2D eigenvalue weighted by molar-refractivity contribution is 6.34. The van der Waals surface area contributed by atoms with Crippen LogP contribution in [-0.2, 0) is 20.7 Å². The lowest BCUT2D eigenvalue weighted by atomic mass is 10.1. The quantitative estimate of drug-likeness (QED) is 0.285. The highest BCUT2D eigenvalue weighted by Crippen LogP contribution is 2.29. The minimum Gasteiger partial charge on any atom is -0.494 e. The SMILES string of the molecule is COc1ccc(CC(=O)OC(C(=O)Nc2ccc([N+](=O)[O-])cc2Cl)c2ccccc2)cc1F. The average molecular weight is 473 g/mol. The molecule has 3 aromatic carbocycles. The van der Waals surface area contributed by atoms with Crippen LogP contribution in [0.4, 0.5) is 15.8 Å². The summed E-state index contributed by atoms with van der Waals surface area (Å²) in [6, 6.07) is 15.9. The van der Waals surface area contributed by atoms with Gasteiger partial charge in [-0.05, 0) is 23.8 Å². The summed E-state index contributed by atoms with van der Waals surface area (Å²) in [6.45, 7) is 0. The highest BCUT2D eigenvalue weighted by atomic mass is 35.5. The number of carbonyl (C=O) groups excluding carboxylic acids is 2. The molecular formula is C23H18ClFN2O6. The number of methoxy groups -OCH3 is 1. The van der Waals surface area contributed by atoms with E-state index in [2.05, 4.69) is 5.32 Å². The van der Waals surface area contributed by atoms with E-state index in [0.29, 0.717) is 11.1 Å². The number of nitro groups is 1. The second-order valence-electron chi connectivity index (χ2n) is 6.84. The van der Waals surface area contributed by atoms with Crippen molar-refractivity contribution < 1.29 is 28.4 Å². The van der Waals surface area contributed by atoms with E-state index in [1.54, 1.807) is 30.3 Å². The standard InChI is InChI=1S/C23H18ClFN2O6/c1-32-20-10-7-14(11-18(20)25)12-21(28)33-22(15-5-3-2-4-6-15)23(29)26-19-9-8-16(27(30)31)13-17(19)24/h2-11,13,22H,12H2,1H3,(H,26,29). The van der Waals surface area contributed by atoms with Crippen molar-refractivity contribution in [2.24, 2.45) is 0 Å². The third kappa shape index (κ3) is 6.05. The first-order valence-electron chi connectivity index (χ1n) is 9.60. The molecule has 0 aliphatic rings. The molecule has 1 unspecified atom stereocenters. The summed E-state index contributed by atoms with van der Waals surface area (Å²) in [5.74, 6) is -2.08. The predicted molar refractivity (Wildman–Crippen MR) is 119 cm³/mol. The van der Waals surface area contributed by atoms with Gasteiger partial charge in [-0.2, -0.15) is 0 Å². The maximum Gasteiger partial charge on any atom is 0.311 e. The number of nitrogens with one attached hydrogen (secondary N) is 1. The fourth-order valence-corrected chi connectivity index (χ4v) is 3.20. The molecule has 8 nitrogen and oxygen atoms in total. The van der Waals surface area contributed by atoms with E-state index in [1.807, 2.05) is 0 Å². The Kier molecular flexibility index (Phi) is 7.57. The number of carbonyl (C=O) groups is 2. The van der Waals surface area contributed by atoms with Crippen molar-refractivity contribution >= 4 is 34.9 Å². The molecule has 0 saturated heterocycles. The molecule has 10 heteroatoms. The summed E-state index contributed by atoms with van der Waals surface area (Å²) in [4.78, 5) is 35.8. The Bertz CT molecular complexity index is 1190. The number of hydrogen-bond donors (Lipinski definition) is 1. The molecule has 170 valence electrons. The minimum absolute atomic E-state index is 0.0358. The molecule has 0 aliphatic carbocycles. The van der Waals surface area contributed by atoms with E-state index < -0.39 is 28.7 Å². The van der Waals surface area contributed by atoms with Crippen LogP contribution in [0.15, 0.2) is 66.7 Å². The summed E-state index contributed by atoms with van der Waals surface area (Å²) in [5, 5.41) is 13.3. The first-order chi connectivity index (χ1) is 15.8. The van der Waals surface area contributed by atoms with Gasteiger partial charge in [-0.25, -0.2) is 4.39 Å². The number of anilines is 1. The van der Waals surface area contributed by atoms with Crippen LogP contribution in [0.3, 0.4) is 0 Å². The van der Waals surface area contributed by atoms with Crippen molar-refractivity contribution in [3.63, 3.8) is 0 Å². The number of benzene rings is 3. The Morgan fingerprint density at radius 3 is 2.45 bits per heavy atom. The average Bonchev–Trinajstić information content (AvgIpc) is 2.79. The molecule has 1 amide bonds. The Hall–Kier alpha value is -3.98. The molecule has 1 atom stereocenters. The zero-order chi connectivity index (χ0) is 24.0. The molecule has 0 spiro atoms. The Balaban J connectivity index is 1.79. The number of halogens is 2. The largest absolute Gasteiger partial charge is 0.494 e. The fraction of sp³-hybridized carbons (Fsp3) is 0.130. The molecule has 3 rings (SSSR count). The molecule has 1 N–H and O–H groups in total. The lowest BCUT2D eigenvalue weighted by molar-refractivity contribution is -0.384. The number of nitro benzene ring substituents is 1. The van der Waals surface area contributed by atoms with Gasteiger partial charge in [-0.3, -0.25) is 19.7 Å². The second kappa shape index (κ2) is 10.6. The van der Waals surface area contributed by atoms with Gasteiger partial charge >= 0.3 is 5.97 Å². The highest BCUT2D eigenvalue weighted by Gasteiger charge is 2.26. The zero-order valence-electron chi connectivity index (χ0n) is 17.3. The van der Waals surface area contributed by atoms with Gasteiger partial charge in [0.25, 0.3) is 11.6 Å². The third-order valence-corrected chi connectivity index (χ3v) is 4.89. The van der Waals surface area contributed by atoms with E-state index in [4.69, 9.17) is 21.1 Å². The van der Waals surface area contributed by atoms with Crippen molar-refractivity contribution in [1.29, 1.82) is 0 Å². The van der Waals surface area contributed by atoms with Crippen LogP contribution in [-0.4, -0.2) is 23.9 Å². The monoisotopic (exact) mass is 472 g/mol. The molecule has 0 aliphatic heterocycles. The van der Waals surface area contributed by atoms with Crippen molar-refractivity contribution in [2.75, 3.05) is 12.4 Å². The maximum absolute atomic E-state index is 13.9. The Morgan fingerprint density at radius 1 is 1.12 bits per heavy atom. The number of rotatable bonds is 8. The van der Waals surface area contributed by atoms with Crippen LogP contribution in [0.1, 0.15) is 17.2 Å². The first-order valence-corrected chi connectivity index (χ1v) is 9.98. The number of ether oxygens (including phenoxy) is 2. The van der Waals surface area contributed by atoms with Gasteiger partial charge in [0.1, 0.15) is 0 Å². The minimum atomic E-state index is -1.34. The van der Waals surface area contributed by atoms with E-state index in [9.17, 15) is 24.1 Å². The molecule has 0 fully saturated rings. The Labute approximate surface area is 193 Å². The normalized spacial score (nSPS) is 11.4. The van der Waals surface area contributed by atoms with Crippen LogP contribution in [0.5, 0.6) is 5.75 Å². The molecular weight excluding hydrogens is 455 g/mol. The molecule has 33 heavy (non-hydrogen) atoms. The molecule has 0 heterocycles. The van der Waals surface area contributed by atoms with Crippen molar-refractivity contribution in [2.45, 2.75) is 12.5 Å². The van der Waals surface area contributed by atoms with Gasteiger partial charge < -0.3 is 14.8 Å². The smallest absolute Gasteiger partial charge is 0.311 e. The number of nitrogens with zero attached hydrogens (tertiary/aromatic N) is 1. The topological polar surface area (TPSA) is 108 Å². The molecule has 3 aromatic rings. The molecule has 0 saturated carbocycles. The summed E-state index contributed by atoms with van der Waals surface area (Å²) in [5.41, 5.74) is 0.600. The Morgan fingerprint density at radius 2 is 1.85 bits per heavy atom. The third-order valence-electron chi connectivity index (χ3n) is 4.58. The zero-order valence-corrected chi connectivity index (χ0v) is 18.0. The van der Waals surface area contributed by atoms with Crippen LogP contribution < -0.4 is 10.1 Å². The summed E-state index contributed by atoms with van der Waals surface area (Å²) in [7, 11) is 1.33. The molecule has 0 radical (unpaired) electrons. The van der Waals surface area contributed by atoms with Crippen LogP contribution in [0, 0.1) is 15.9 Å². The lowest BCUT2D eigenvalue weighted by Crippen LogP contribution is -2.26. The van der Waals surface area contributed by atoms with Crippen molar-refractivity contribution in [3.05, 3.63) is 98.8 Å². The van der Waals surface area contributed by atoms with E-state index in [-0.39, 0.29) is 28.6 Å². The van der Waals surface area contributed by atoms with E-state index in [0.717, 1.165) is 12.1 Å². The fourth-order valence-electron chi connectivity index (χ4n) is 2.98. The summed E-state index contributed by atoms with van der Waals surface area (Å²) in [6.07, 6.45) is -1.62. The number of amides is 1. The van der Waals surface area contributed by atoms with Gasteiger partial charge in [0.05, 0.1) is 29.2 Å². The van der Waals surface area contributed by atoms with E-state index in [1.165, 1.54) is 31.4 Å². The number of esters is 1. The number of non-ortho nitro benzene ring substituents is 1. The molecule has 0 aromatic heterocycles. The second-order valence-corrected chi connectivity index (χ2v) is 7.24. The summed E-state index contributed by atoms with van der Waals surface area (Å²) < 4.78 is 24.2. The van der Waals surface area contributed by atoms with Crippen LogP contribution in [0.2, 0.25) is 5.02 Å². The van der Waals surface area contributed by atoms with Crippen LogP contribution >= 0.6 is 11.6 Å². The van der Waals surface area contributed by atoms with Crippen molar-refractivity contribution in [1.82, 2.24) is 0 Å². The number of hydrogen-bond acceptors (Lipinski definition) is 6. The first kappa shape index (κ1) is 23.7. The van der Waals surface area contributed by atoms with E-state index >= 15 is 0 Å². The van der Waals surface area contributed by atoms with Gasteiger partial charge in [0.15, 0.2) is 11.6 Å². The van der Waals surface area contributed by atoms with Gasteiger partial charge in [-0.1, -0.05) is 48.0 Å². The summed E-state index contributed by atoms with van der Waals surface area (Å²) >= 11 is 6.05. The predicted octanol–water partition coefficient (Wildman–Crippen LogP) is 4.86. The lowest BCUT2D eigenvalue weighted by Gasteiger charge is -2.18. The van der Waals surface area contributed by atoms with Crippen LogP contribution in [0.25, 0.3) is 0 Å². The van der Waals surface area contributed by atoms with Gasteiger partial charge in [0, 0.05) is 17.7 Å². The van der Waals surface area contributed by atoms with Gasteiger partial charge in [0.2, 0.25) is 6.10 Å². The van der Waals surface area contributed by atoms with Crippen molar-refractivity contribution in [3.8, 4) is 5.75 Å².